The van der Waals surface area contributed by atoms with Gasteiger partial charge in [0.15, 0.2) is 5.96 Å². The van der Waals surface area contributed by atoms with Crippen molar-refractivity contribution in [3.05, 3.63) is 0 Å². The van der Waals surface area contributed by atoms with E-state index in [1.54, 1.807) is 0 Å². The minimum absolute atomic E-state index is 0. The number of nitrogens with zero attached hydrogens (tertiary/aromatic N) is 2. The Morgan fingerprint density at radius 2 is 1.81 bits per heavy atom. The molecule has 2 fully saturated rings. The summed E-state index contributed by atoms with van der Waals surface area (Å²) in [5.74, 6) is 0.971. The van der Waals surface area contributed by atoms with Gasteiger partial charge in [-0.25, -0.2) is 0 Å². The van der Waals surface area contributed by atoms with E-state index in [0.29, 0.717) is 11.5 Å². The van der Waals surface area contributed by atoms with Crippen LogP contribution in [0.4, 0.5) is 0 Å². The summed E-state index contributed by atoms with van der Waals surface area (Å²) in [6.45, 7) is 17.3. The predicted octanol–water partition coefficient (Wildman–Crippen LogP) is 4.02. The maximum absolute atomic E-state index is 5.66. The summed E-state index contributed by atoms with van der Waals surface area (Å²) in [4.78, 5) is 7.72. The largest absolute Gasteiger partial charge is 0.381 e. The van der Waals surface area contributed by atoms with Crippen LogP contribution in [-0.2, 0) is 4.74 Å². The van der Waals surface area contributed by atoms with E-state index in [4.69, 9.17) is 9.73 Å². The predicted molar refractivity (Wildman–Crippen MR) is 126 cm³/mol. The minimum Gasteiger partial charge on any atom is -0.381 e. The third-order valence-electron chi connectivity index (χ3n) is 5.79. The highest BCUT2D eigenvalue weighted by Gasteiger charge is 2.39. The molecule has 2 heterocycles. The molecule has 2 rings (SSSR count). The van der Waals surface area contributed by atoms with Crippen LogP contribution in [0.15, 0.2) is 4.99 Å². The van der Waals surface area contributed by atoms with Crippen LogP contribution in [0.5, 0.6) is 0 Å². The second kappa shape index (κ2) is 11.8. The quantitative estimate of drug-likeness (QED) is 0.319. The van der Waals surface area contributed by atoms with E-state index < -0.39 is 0 Å². The summed E-state index contributed by atoms with van der Waals surface area (Å²) < 4.78 is 5.66. The molecule has 0 saturated carbocycles. The molecule has 6 heteroatoms. The summed E-state index contributed by atoms with van der Waals surface area (Å²) in [6.07, 6.45) is 7.25. The Labute approximate surface area is 184 Å². The van der Waals surface area contributed by atoms with Crippen molar-refractivity contribution in [2.45, 2.75) is 84.7 Å². The van der Waals surface area contributed by atoms with E-state index in [1.807, 2.05) is 0 Å². The topological polar surface area (TPSA) is 48.9 Å². The van der Waals surface area contributed by atoms with Crippen LogP contribution in [0.3, 0.4) is 0 Å². The molecule has 2 saturated heterocycles. The number of rotatable bonds is 7. The highest BCUT2D eigenvalue weighted by molar-refractivity contribution is 14.0. The third kappa shape index (κ3) is 8.44. The fourth-order valence-electron chi connectivity index (χ4n) is 4.02. The fourth-order valence-corrected chi connectivity index (χ4v) is 4.02. The van der Waals surface area contributed by atoms with Crippen molar-refractivity contribution < 1.29 is 4.74 Å². The highest BCUT2D eigenvalue weighted by atomic mass is 127. The Hall–Kier alpha value is -0.0800. The lowest BCUT2D eigenvalue weighted by Gasteiger charge is -2.43. The fraction of sp³-hybridized carbons (Fsp3) is 0.952. The first kappa shape index (κ1) is 25.0. The number of nitrogens with one attached hydrogen (secondary N) is 2. The lowest BCUT2D eigenvalue weighted by molar-refractivity contribution is -0.0139. The van der Waals surface area contributed by atoms with Crippen molar-refractivity contribution in [1.82, 2.24) is 15.5 Å². The zero-order valence-electron chi connectivity index (χ0n) is 18.3. The molecule has 5 nitrogen and oxygen atoms in total. The molecule has 0 radical (unpaired) electrons. The van der Waals surface area contributed by atoms with E-state index >= 15 is 0 Å². The van der Waals surface area contributed by atoms with Crippen molar-refractivity contribution in [3.8, 4) is 0 Å². The van der Waals surface area contributed by atoms with E-state index in [9.17, 15) is 0 Å². The molecule has 0 aliphatic carbocycles. The van der Waals surface area contributed by atoms with Crippen LogP contribution in [-0.4, -0.2) is 61.8 Å². The molecule has 0 aromatic rings. The van der Waals surface area contributed by atoms with Gasteiger partial charge in [-0.15, -0.1) is 24.0 Å². The minimum atomic E-state index is 0. The van der Waals surface area contributed by atoms with Gasteiger partial charge in [0.2, 0.25) is 0 Å². The maximum atomic E-state index is 5.66. The van der Waals surface area contributed by atoms with Crippen molar-refractivity contribution in [2.75, 3.05) is 39.4 Å². The average Bonchev–Trinajstić information content (AvgIpc) is 3.14. The number of guanidine groups is 1. The third-order valence-corrected chi connectivity index (χ3v) is 5.79. The average molecular weight is 495 g/mol. The Morgan fingerprint density at radius 3 is 2.37 bits per heavy atom. The molecule has 1 unspecified atom stereocenters. The van der Waals surface area contributed by atoms with Gasteiger partial charge in [-0.1, -0.05) is 20.8 Å². The Balaban J connectivity index is 0.00000364. The Kier molecular flexibility index (Phi) is 10.9. The molecule has 1 atom stereocenters. The van der Waals surface area contributed by atoms with Gasteiger partial charge in [0.1, 0.15) is 0 Å². The molecule has 2 aliphatic rings. The molecular formula is C21H43IN4O. The number of hydrogen-bond acceptors (Lipinski definition) is 3. The first-order valence-corrected chi connectivity index (χ1v) is 10.7. The maximum Gasteiger partial charge on any atom is 0.191 e. The zero-order valence-corrected chi connectivity index (χ0v) is 20.6. The number of likely N-dealkylation sites (tertiary alicyclic amines) is 1. The standard InChI is InChI=1S/C21H42N4O.HI/c1-6-22-19(24-18(2)9-10-20(3,4)5)23-17-21(11-15-26-16-12-21)25-13-7-8-14-25;/h18H,6-17H2,1-5H3,(H2,22,23,24);1H. The molecule has 27 heavy (non-hydrogen) atoms. The van der Waals surface area contributed by atoms with Gasteiger partial charge in [-0.05, 0) is 70.9 Å². The lowest BCUT2D eigenvalue weighted by Crippen LogP contribution is -2.54. The van der Waals surface area contributed by atoms with Gasteiger partial charge in [0.25, 0.3) is 0 Å². The molecular weight excluding hydrogens is 451 g/mol. The summed E-state index contributed by atoms with van der Waals surface area (Å²) >= 11 is 0. The normalized spacial score (nSPS) is 22.2. The zero-order chi connectivity index (χ0) is 19.0. The van der Waals surface area contributed by atoms with Gasteiger partial charge in [0.05, 0.1) is 6.54 Å². The molecule has 0 aromatic heterocycles. The van der Waals surface area contributed by atoms with E-state index in [-0.39, 0.29) is 29.5 Å². The molecule has 2 aliphatic heterocycles. The van der Waals surface area contributed by atoms with Gasteiger partial charge in [0, 0.05) is 31.3 Å². The van der Waals surface area contributed by atoms with E-state index in [0.717, 1.165) is 45.1 Å². The highest BCUT2D eigenvalue weighted by Crippen LogP contribution is 2.31. The second-order valence-electron chi connectivity index (χ2n) is 9.37. The van der Waals surface area contributed by atoms with Crippen LogP contribution in [0.2, 0.25) is 0 Å². The van der Waals surface area contributed by atoms with Gasteiger partial charge in [-0.2, -0.15) is 0 Å². The summed E-state index contributed by atoms with van der Waals surface area (Å²) in [7, 11) is 0. The SMILES string of the molecule is CCNC(=NCC1(N2CCCC2)CCOCC1)NC(C)CCC(C)(C)C.I. The molecule has 2 N–H and O–H groups in total. The van der Waals surface area contributed by atoms with Crippen molar-refractivity contribution in [1.29, 1.82) is 0 Å². The first-order valence-electron chi connectivity index (χ1n) is 10.7. The van der Waals surface area contributed by atoms with Crippen molar-refractivity contribution in [2.24, 2.45) is 10.4 Å². The van der Waals surface area contributed by atoms with Crippen molar-refractivity contribution in [3.63, 3.8) is 0 Å². The Morgan fingerprint density at radius 1 is 1.19 bits per heavy atom. The number of hydrogen-bond donors (Lipinski definition) is 2. The van der Waals surface area contributed by atoms with Gasteiger partial charge >= 0.3 is 0 Å². The van der Waals surface area contributed by atoms with Gasteiger partial charge < -0.3 is 15.4 Å². The smallest absolute Gasteiger partial charge is 0.191 e. The molecule has 0 aromatic carbocycles. The van der Waals surface area contributed by atoms with Crippen LogP contribution in [0, 0.1) is 5.41 Å². The van der Waals surface area contributed by atoms with Crippen LogP contribution < -0.4 is 10.6 Å². The monoisotopic (exact) mass is 494 g/mol. The van der Waals surface area contributed by atoms with Crippen LogP contribution >= 0.6 is 24.0 Å². The molecule has 0 bridgehead atoms. The summed E-state index contributed by atoms with van der Waals surface area (Å²) in [5.41, 5.74) is 0.582. The molecule has 0 spiro atoms. The second-order valence-corrected chi connectivity index (χ2v) is 9.37. The Bertz CT molecular complexity index is 438. The lowest BCUT2D eigenvalue weighted by atomic mass is 9.88. The van der Waals surface area contributed by atoms with Crippen molar-refractivity contribution >= 4 is 29.9 Å². The number of halogens is 1. The summed E-state index contributed by atoms with van der Waals surface area (Å²) in [6, 6.07) is 0.435. The first-order chi connectivity index (χ1) is 12.3. The van der Waals surface area contributed by atoms with Crippen LogP contribution in [0.25, 0.3) is 0 Å². The molecule has 0 amide bonds. The number of ether oxygens (including phenoxy) is 1. The van der Waals surface area contributed by atoms with Gasteiger partial charge in [-0.3, -0.25) is 9.89 Å². The van der Waals surface area contributed by atoms with Crippen LogP contribution in [0.1, 0.15) is 73.1 Å². The van der Waals surface area contributed by atoms with E-state index in [2.05, 4.69) is 50.2 Å². The van der Waals surface area contributed by atoms with E-state index in [1.165, 1.54) is 38.8 Å². The summed E-state index contributed by atoms with van der Waals surface area (Å²) in [5, 5.41) is 7.07. The number of aliphatic imine (C=N–C) groups is 1. The molecule has 160 valence electrons.